The fourth-order valence-corrected chi connectivity index (χ4v) is 2.62. The Hall–Kier alpha value is -3.48. The first-order valence-corrected chi connectivity index (χ1v) is 7.97. The van der Waals surface area contributed by atoms with E-state index in [1.165, 1.54) is 13.3 Å². The van der Waals surface area contributed by atoms with Crippen molar-refractivity contribution in [1.29, 1.82) is 0 Å². The Balaban J connectivity index is 1.82. The SMILES string of the molecule is COC(=O)c1ccc(NC(=O)c2cnn(-c3ccccn3)c2C)cc1C. The minimum atomic E-state index is -0.409. The number of nitrogens with one attached hydrogen (secondary N) is 1. The molecule has 0 atom stereocenters. The molecule has 3 aromatic rings. The highest BCUT2D eigenvalue weighted by atomic mass is 16.5. The van der Waals surface area contributed by atoms with Gasteiger partial charge in [-0.2, -0.15) is 5.10 Å². The summed E-state index contributed by atoms with van der Waals surface area (Å²) in [7, 11) is 1.33. The number of methoxy groups -OCH3 is 1. The van der Waals surface area contributed by atoms with Gasteiger partial charge in [-0.1, -0.05) is 6.07 Å². The van der Waals surface area contributed by atoms with E-state index in [-0.39, 0.29) is 5.91 Å². The number of carbonyl (C=O) groups is 2. The summed E-state index contributed by atoms with van der Waals surface area (Å²) in [5.74, 6) is -0.0508. The molecule has 0 fully saturated rings. The van der Waals surface area contributed by atoms with Crippen LogP contribution in [0.2, 0.25) is 0 Å². The predicted octanol–water partition coefficient (Wildman–Crippen LogP) is 2.92. The highest BCUT2D eigenvalue weighted by Gasteiger charge is 2.16. The highest BCUT2D eigenvalue weighted by molar-refractivity contribution is 6.05. The van der Waals surface area contributed by atoms with Crippen LogP contribution in [0.25, 0.3) is 5.82 Å². The zero-order chi connectivity index (χ0) is 18.7. The van der Waals surface area contributed by atoms with E-state index in [0.29, 0.717) is 28.3 Å². The van der Waals surface area contributed by atoms with Gasteiger partial charge in [0.15, 0.2) is 5.82 Å². The van der Waals surface area contributed by atoms with E-state index in [1.54, 1.807) is 36.0 Å². The van der Waals surface area contributed by atoms with E-state index in [2.05, 4.69) is 15.4 Å². The summed E-state index contributed by atoms with van der Waals surface area (Å²) in [4.78, 5) is 28.5. The van der Waals surface area contributed by atoms with E-state index in [4.69, 9.17) is 4.74 Å². The number of carbonyl (C=O) groups excluding carboxylic acids is 2. The standard InChI is InChI=1S/C19H18N4O3/c1-12-10-14(7-8-15(12)19(25)26-3)22-18(24)16-11-21-23(13(16)2)17-6-4-5-9-20-17/h4-11H,1-3H3,(H,22,24). The molecule has 0 saturated carbocycles. The van der Waals surface area contributed by atoms with E-state index in [9.17, 15) is 9.59 Å². The van der Waals surface area contributed by atoms with Crippen LogP contribution in [0.3, 0.4) is 0 Å². The summed E-state index contributed by atoms with van der Waals surface area (Å²) in [5.41, 5.74) is 2.90. The zero-order valence-electron chi connectivity index (χ0n) is 14.7. The average molecular weight is 350 g/mol. The average Bonchev–Trinajstić information content (AvgIpc) is 3.03. The van der Waals surface area contributed by atoms with Crippen molar-refractivity contribution in [2.45, 2.75) is 13.8 Å². The van der Waals surface area contributed by atoms with Gasteiger partial charge in [0.2, 0.25) is 0 Å². The van der Waals surface area contributed by atoms with E-state index < -0.39 is 5.97 Å². The van der Waals surface area contributed by atoms with Crippen LogP contribution in [0, 0.1) is 13.8 Å². The van der Waals surface area contributed by atoms with Crippen LogP contribution >= 0.6 is 0 Å². The van der Waals surface area contributed by atoms with Gasteiger partial charge in [-0.3, -0.25) is 4.79 Å². The lowest BCUT2D eigenvalue weighted by molar-refractivity contribution is 0.0600. The van der Waals surface area contributed by atoms with Gasteiger partial charge in [0, 0.05) is 11.9 Å². The first-order valence-electron chi connectivity index (χ1n) is 7.97. The number of esters is 1. The number of hydrogen-bond acceptors (Lipinski definition) is 5. The first kappa shape index (κ1) is 17.3. The Bertz CT molecular complexity index is 964. The molecule has 3 rings (SSSR count). The molecule has 7 nitrogen and oxygen atoms in total. The fourth-order valence-electron chi connectivity index (χ4n) is 2.62. The second kappa shape index (κ2) is 7.18. The van der Waals surface area contributed by atoms with Crippen LogP contribution in [-0.4, -0.2) is 33.8 Å². The van der Waals surface area contributed by atoms with Crippen molar-refractivity contribution in [3.8, 4) is 5.82 Å². The molecule has 0 aliphatic heterocycles. The molecule has 0 radical (unpaired) electrons. The third kappa shape index (κ3) is 3.32. The molecule has 1 amide bonds. The summed E-state index contributed by atoms with van der Waals surface area (Å²) < 4.78 is 6.34. The smallest absolute Gasteiger partial charge is 0.338 e. The molecule has 1 aromatic carbocycles. The number of aromatic nitrogens is 3. The second-order valence-electron chi connectivity index (χ2n) is 5.72. The number of pyridine rings is 1. The second-order valence-corrected chi connectivity index (χ2v) is 5.72. The lowest BCUT2D eigenvalue weighted by atomic mass is 10.1. The molecule has 26 heavy (non-hydrogen) atoms. The largest absolute Gasteiger partial charge is 0.465 e. The minimum Gasteiger partial charge on any atom is -0.465 e. The van der Waals surface area contributed by atoms with Crippen LogP contribution in [0.5, 0.6) is 0 Å². The minimum absolute atomic E-state index is 0.283. The Kier molecular flexibility index (Phi) is 4.79. The normalized spacial score (nSPS) is 10.4. The Morgan fingerprint density at radius 1 is 1.12 bits per heavy atom. The van der Waals surface area contributed by atoms with Gasteiger partial charge >= 0.3 is 5.97 Å². The van der Waals surface area contributed by atoms with Gasteiger partial charge < -0.3 is 10.1 Å². The van der Waals surface area contributed by atoms with Crippen LogP contribution < -0.4 is 5.32 Å². The van der Waals surface area contributed by atoms with Crippen molar-refractivity contribution >= 4 is 17.6 Å². The predicted molar refractivity (Wildman–Crippen MR) is 96.6 cm³/mol. The molecule has 0 aliphatic carbocycles. The molecule has 0 aliphatic rings. The molecule has 0 bridgehead atoms. The van der Waals surface area contributed by atoms with Crippen molar-refractivity contribution < 1.29 is 14.3 Å². The molecule has 2 heterocycles. The fraction of sp³-hybridized carbons (Fsp3) is 0.158. The van der Waals surface area contributed by atoms with Crippen molar-refractivity contribution in [2.24, 2.45) is 0 Å². The molecular weight excluding hydrogens is 332 g/mol. The zero-order valence-corrected chi connectivity index (χ0v) is 14.7. The molecule has 1 N–H and O–H groups in total. The molecule has 7 heteroatoms. The summed E-state index contributed by atoms with van der Waals surface area (Å²) in [6.07, 6.45) is 3.18. The molecular formula is C19H18N4O3. The van der Waals surface area contributed by atoms with Gasteiger partial charge in [-0.25, -0.2) is 14.5 Å². The van der Waals surface area contributed by atoms with Gasteiger partial charge in [0.25, 0.3) is 5.91 Å². The number of aryl methyl sites for hydroxylation is 1. The number of amides is 1. The molecule has 0 unspecified atom stereocenters. The van der Waals surface area contributed by atoms with Gasteiger partial charge in [-0.05, 0) is 49.7 Å². The van der Waals surface area contributed by atoms with Gasteiger partial charge in [0.1, 0.15) is 0 Å². The third-order valence-corrected chi connectivity index (χ3v) is 4.01. The van der Waals surface area contributed by atoms with Crippen molar-refractivity contribution in [3.05, 3.63) is 71.2 Å². The Morgan fingerprint density at radius 2 is 1.92 bits per heavy atom. The number of nitrogens with zero attached hydrogens (tertiary/aromatic N) is 3. The first-order chi connectivity index (χ1) is 12.5. The quantitative estimate of drug-likeness (QED) is 0.731. The number of rotatable bonds is 4. The van der Waals surface area contributed by atoms with Crippen LogP contribution in [0.15, 0.2) is 48.8 Å². The maximum Gasteiger partial charge on any atom is 0.338 e. The van der Waals surface area contributed by atoms with Gasteiger partial charge in [0.05, 0.1) is 30.1 Å². The molecule has 132 valence electrons. The highest BCUT2D eigenvalue weighted by Crippen LogP contribution is 2.18. The van der Waals surface area contributed by atoms with Gasteiger partial charge in [-0.15, -0.1) is 0 Å². The maximum absolute atomic E-state index is 12.6. The molecule has 2 aromatic heterocycles. The number of hydrogen-bond donors (Lipinski definition) is 1. The summed E-state index contributed by atoms with van der Waals surface area (Å²) in [6, 6.07) is 10.5. The Labute approximate surface area is 150 Å². The number of anilines is 1. The molecule has 0 spiro atoms. The van der Waals surface area contributed by atoms with E-state index >= 15 is 0 Å². The molecule has 0 saturated heterocycles. The van der Waals surface area contributed by atoms with E-state index in [1.807, 2.05) is 25.1 Å². The maximum atomic E-state index is 12.6. The van der Waals surface area contributed by atoms with Crippen molar-refractivity contribution in [3.63, 3.8) is 0 Å². The monoisotopic (exact) mass is 350 g/mol. The lowest BCUT2D eigenvalue weighted by Crippen LogP contribution is -2.14. The number of benzene rings is 1. The van der Waals surface area contributed by atoms with Crippen LogP contribution in [0.1, 0.15) is 32.0 Å². The Morgan fingerprint density at radius 3 is 2.58 bits per heavy atom. The number of ether oxygens (including phenoxy) is 1. The van der Waals surface area contributed by atoms with Crippen molar-refractivity contribution in [1.82, 2.24) is 14.8 Å². The van der Waals surface area contributed by atoms with E-state index in [0.717, 1.165) is 5.56 Å². The lowest BCUT2D eigenvalue weighted by Gasteiger charge is -2.09. The van der Waals surface area contributed by atoms with Crippen LogP contribution in [-0.2, 0) is 4.74 Å². The van der Waals surface area contributed by atoms with Crippen LogP contribution in [0.4, 0.5) is 5.69 Å². The topological polar surface area (TPSA) is 86.1 Å². The summed E-state index contributed by atoms with van der Waals surface area (Å²) in [5, 5.41) is 7.07. The summed E-state index contributed by atoms with van der Waals surface area (Å²) in [6.45, 7) is 3.59. The third-order valence-electron chi connectivity index (χ3n) is 4.01. The summed E-state index contributed by atoms with van der Waals surface area (Å²) >= 11 is 0. The van der Waals surface area contributed by atoms with Crippen molar-refractivity contribution in [2.75, 3.05) is 12.4 Å².